The maximum atomic E-state index is 14.2. The molecule has 0 radical (unpaired) electrons. The predicted octanol–water partition coefficient (Wildman–Crippen LogP) is 5.55. The third kappa shape index (κ3) is 17.7. The second-order valence-corrected chi connectivity index (χ2v) is 18.4. The Morgan fingerprint density at radius 3 is 1.87 bits per heavy atom. The number of fused-ring (bicyclic) bond motifs is 5. The number of carbonyl (C=O) groups is 7. The van der Waals surface area contributed by atoms with Gasteiger partial charge in [0.05, 0.1) is 19.3 Å². The molecule has 372 valence electrons. The van der Waals surface area contributed by atoms with Crippen LogP contribution in [-0.2, 0) is 40.0 Å². The number of hydrogen-bond acceptors (Lipinski definition) is 11. The standard InChI is InChI=1S/C51H77N5O11/c1-7-8-9-10-11-12-13-14-15-16-17-18-19-20-46(63)55(5)41(32-58)51(67)53-35(4)42(59)25-26-47(64)56(6)48-37-22-24-44(61)39(30-37)38-28-36(21-23-43(38)60)29-40(50(66)52-34(3)31-57)54-49(65)33(2)27-45(48)62/h21-24,28,30,33-35,40-41,48,57-58,60-61H,7-20,25-27,29,31-32H2,1-6H3,(H,52,66)(H,53,67)(H,54,65)/t33-,34+,35-,40+,41-,48+/m1/s1. The number of likely N-dealkylation sites (N-methyl/N-ethyl adjacent to an activating group) is 2. The summed E-state index contributed by atoms with van der Waals surface area (Å²) in [5, 5.41) is 49.5. The summed E-state index contributed by atoms with van der Waals surface area (Å²) in [5.74, 6) is -5.34. The van der Waals surface area contributed by atoms with E-state index in [9.17, 15) is 54.0 Å². The summed E-state index contributed by atoms with van der Waals surface area (Å²) in [6.07, 6.45) is 14.3. The highest BCUT2D eigenvalue weighted by molar-refractivity contribution is 5.97. The van der Waals surface area contributed by atoms with E-state index in [0.717, 1.165) is 24.2 Å². The van der Waals surface area contributed by atoms with Gasteiger partial charge in [-0.2, -0.15) is 0 Å². The minimum absolute atomic E-state index is 0.0245. The highest BCUT2D eigenvalue weighted by atomic mass is 16.3. The van der Waals surface area contributed by atoms with Gasteiger partial charge in [-0.05, 0) is 55.7 Å². The zero-order chi connectivity index (χ0) is 49.6. The largest absolute Gasteiger partial charge is 0.507 e. The lowest BCUT2D eigenvalue weighted by Gasteiger charge is -2.30. The first-order chi connectivity index (χ1) is 31.9. The van der Waals surface area contributed by atoms with E-state index in [0.29, 0.717) is 12.0 Å². The highest BCUT2D eigenvalue weighted by Crippen LogP contribution is 2.39. The van der Waals surface area contributed by atoms with Gasteiger partial charge in [-0.1, -0.05) is 103 Å². The van der Waals surface area contributed by atoms with Crippen molar-refractivity contribution in [3.05, 3.63) is 47.5 Å². The van der Waals surface area contributed by atoms with Crippen LogP contribution in [0.25, 0.3) is 11.1 Å². The molecule has 2 aromatic rings. The maximum absolute atomic E-state index is 14.2. The van der Waals surface area contributed by atoms with Crippen LogP contribution in [0.2, 0.25) is 0 Å². The molecule has 0 spiro atoms. The van der Waals surface area contributed by atoms with Gasteiger partial charge in [0, 0.05) is 69.3 Å². The molecular formula is C51H77N5O11. The smallest absolute Gasteiger partial charge is 0.245 e. The topological polar surface area (TPSA) is 243 Å². The molecule has 3 rings (SSSR count). The molecule has 0 unspecified atom stereocenters. The Morgan fingerprint density at radius 1 is 0.716 bits per heavy atom. The first-order valence-electron chi connectivity index (χ1n) is 24.3. The SMILES string of the molecule is CCCCCCCCCCCCCCCC(=O)N(C)[C@H](CO)C(=O)N[C@H](C)C(=O)CCC(=O)N(C)[C@@H]1C(=O)C[C@@H](C)C(=O)N[C@H](C(=O)N[C@@H](C)CO)Cc2ccc(O)c(c2)-c2cc1ccc2O. The van der Waals surface area contributed by atoms with Gasteiger partial charge in [0.2, 0.25) is 29.5 Å². The van der Waals surface area contributed by atoms with Gasteiger partial charge in [0.1, 0.15) is 29.6 Å². The first-order valence-corrected chi connectivity index (χ1v) is 24.3. The zero-order valence-corrected chi connectivity index (χ0v) is 40.6. The summed E-state index contributed by atoms with van der Waals surface area (Å²) in [6, 6.07) is 3.34. The fraction of sp³-hybridized carbons (Fsp3) is 0.627. The number of aromatic hydroxyl groups is 2. The Kier molecular flexibility index (Phi) is 24.0. The summed E-state index contributed by atoms with van der Waals surface area (Å²) in [4.78, 5) is 96.7. The van der Waals surface area contributed by atoms with Crippen molar-refractivity contribution in [3.8, 4) is 22.6 Å². The van der Waals surface area contributed by atoms with Crippen LogP contribution >= 0.6 is 0 Å². The Bertz CT molecular complexity index is 1970. The molecule has 1 aliphatic rings. The molecule has 5 amide bonds. The molecule has 0 aromatic heterocycles. The minimum Gasteiger partial charge on any atom is -0.507 e. The number of benzene rings is 2. The molecule has 1 heterocycles. The van der Waals surface area contributed by atoms with Crippen molar-refractivity contribution in [2.45, 2.75) is 173 Å². The second kappa shape index (κ2) is 28.7. The number of unbranched alkanes of at least 4 members (excludes halogenated alkanes) is 12. The lowest BCUT2D eigenvalue weighted by molar-refractivity contribution is -0.142. The van der Waals surface area contributed by atoms with Crippen molar-refractivity contribution in [1.82, 2.24) is 25.8 Å². The molecule has 4 bridgehead atoms. The van der Waals surface area contributed by atoms with Crippen LogP contribution in [0.5, 0.6) is 11.5 Å². The molecule has 0 aliphatic carbocycles. The highest BCUT2D eigenvalue weighted by Gasteiger charge is 2.34. The third-order valence-electron chi connectivity index (χ3n) is 12.7. The molecular weight excluding hydrogens is 859 g/mol. The summed E-state index contributed by atoms with van der Waals surface area (Å²) >= 11 is 0. The van der Waals surface area contributed by atoms with Gasteiger partial charge in [0.25, 0.3) is 0 Å². The van der Waals surface area contributed by atoms with Crippen LogP contribution in [0.3, 0.4) is 0 Å². The van der Waals surface area contributed by atoms with Crippen LogP contribution in [0.1, 0.15) is 154 Å². The molecule has 67 heavy (non-hydrogen) atoms. The van der Waals surface area contributed by atoms with Crippen molar-refractivity contribution >= 4 is 41.1 Å². The van der Waals surface area contributed by atoms with Crippen LogP contribution in [0.4, 0.5) is 0 Å². The van der Waals surface area contributed by atoms with Crippen LogP contribution in [-0.4, -0.2) is 123 Å². The summed E-state index contributed by atoms with van der Waals surface area (Å²) in [7, 11) is 2.82. The lowest BCUT2D eigenvalue weighted by Crippen LogP contribution is -2.53. The Hall–Kier alpha value is -5.35. The maximum Gasteiger partial charge on any atom is 0.245 e. The predicted molar refractivity (Wildman–Crippen MR) is 256 cm³/mol. The van der Waals surface area contributed by atoms with Crippen molar-refractivity contribution in [2.75, 3.05) is 27.3 Å². The quantitative estimate of drug-likeness (QED) is 0.0577. The zero-order valence-electron chi connectivity index (χ0n) is 40.6. The molecule has 16 nitrogen and oxygen atoms in total. The fourth-order valence-electron chi connectivity index (χ4n) is 8.33. The average Bonchev–Trinajstić information content (AvgIpc) is 3.30. The van der Waals surface area contributed by atoms with E-state index in [1.54, 1.807) is 19.1 Å². The fourth-order valence-corrected chi connectivity index (χ4v) is 8.33. The van der Waals surface area contributed by atoms with Crippen LogP contribution < -0.4 is 16.0 Å². The number of hydrogen-bond donors (Lipinski definition) is 7. The normalized spacial score (nSPS) is 17.6. The molecule has 0 saturated carbocycles. The van der Waals surface area contributed by atoms with Crippen molar-refractivity contribution in [1.29, 1.82) is 0 Å². The van der Waals surface area contributed by atoms with E-state index in [-0.39, 0.29) is 72.8 Å². The van der Waals surface area contributed by atoms with Crippen molar-refractivity contribution in [3.63, 3.8) is 0 Å². The number of amides is 5. The number of Topliss-reactive ketones (excluding diaryl/α,β-unsaturated/α-hetero) is 2. The lowest BCUT2D eigenvalue weighted by atomic mass is 9.89. The number of nitrogens with one attached hydrogen (secondary N) is 3. The molecule has 7 N–H and O–H groups in total. The molecule has 1 aliphatic heterocycles. The second-order valence-electron chi connectivity index (χ2n) is 18.4. The summed E-state index contributed by atoms with van der Waals surface area (Å²) in [5.41, 5.74) is 1.06. The Labute approximate surface area is 396 Å². The minimum atomic E-state index is -1.31. The number of ketones is 2. The van der Waals surface area contributed by atoms with Gasteiger partial charge in [-0.15, -0.1) is 0 Å². The first kappa shape index (κ1) is 56.0. The van der Waals surface area contributed by atoms with Gasteiger partial charge >= 0.3 is 0 Å². The summed E-state index contributed by atoms with van der Waals surface area (Å²) in [6.45, 7) is 5.76. The number of rotatable bonds is 26. The van der Waals surface area contributed by atoms with Crippen LogP contribution in [0.15, 0.2) is 36.4 Å². The molecule has 0 fully saturated rings. The Balaban J connectivity index is 1.64. The van der Waals surface area contributed by atoms with E-state index in [1.165, 1.54) is 115 Å². The average molecular weight is 936 g/mol. The Morgan fingerprint density at radius 2 is 1.28 bits per heavy atom. The third-order valence-corrected chi connectivity index (χ3v) is 12.7. The number of aliphatic hydroxyl groups excluding tert-OH is 2. The van der Waals surface area contributed by atoms with Gasteiger partial charge in [-0.25, -0.2) is 0 Å². The van der Waals surface area contributed by atoms with Crippen molar-refractivity contribution < 1.29 is 54.0 Å². The van der Waals surface area contributed by atoms with Crippen LogP contribution in [0, 0.1) is 5.92 Å². The summed E-state index contributed by atoms with van der Waals surface area (Å²) < 4.78 is 0. The number of aliphatic hydroxyl groups is 2. The number of phenols is 2. The molecule has 0 saturated heterocycles. The van der Waals surface area contributed by atoms with E-state index in [4.69, 9.17) is 0 Å². The van der Waals surface area contributed by atoms with E-state index >= 15 is 0 Å². The van der Waals surface area contributed by atoms with Crippen molar-refractivity contribution in [2.24, 2.45) is 5.92 Å². The van der Waals surface area contributed by atoms with Gasteiger partial charge in [0.15, 0.2) is 11.6 Å². The van der Waals surface area contributed by atoms with Gasteiger partial charge < -0.3 is 46.2 Å². The van der Waals surface area contributed by atoms with E-state index in [1.807, 2.05) is 0 Å². The molecule has 2 aromatic carbocycles. The monoisotopic (exact) mass is 936 g/mol. The molecule has 6 atom stereocenters. The number of nitrogens with zero attached hydrogens (tertiary/aromatic N) is 2. The number of carbonyl (C=O) groups excluding carboxylic acids is 7. The van der Waals surface area contributed by atoms with E-state index in [2.05, 4.69) is 22.9 Å². The molecule has 16 heteroatoms. The number of phenolic OH excluding ortho intramolecular Hbond substituents is 2. The van der Waals surface area contributed by atoms with E-state index < -0.39 is 77.9 Å². The van der Waals surface area contributed by atoms with Gasteiger partial charge in [-0.3, -0.25) is 33.6 Å².